The van der Waals surface area contributed by atoms with Crippen LogP contribution in [-0.4, -0.2) is 75.4 Å². The summed E-state index contributed by atoms with van der Waals surface area (Å²) >= 11 is 46.5. The number of benzene rings is 5. The molecule has 4 atom stereocenters. The van der Waals surface area contributed by atoms with Crippen LogP contribution < -0.4 is 47.3 Å². The third kappa shape index (κ3) is 14.7. The highest BCUT2D eigenvalue weighted by molar-refractivity contribution is 9.11. The third-order valence-corrected chi connectivity index (χ3v) is 21.8. The number of ether oxygens (including phenoxy) is 8. The first-order valence-electron chi connectivity index (χ1n) is 32.2. The molecule has 0 amide bonds. The van der Waals surface area contributed by atoms with E-state index in [1.54, 1.807) is 66.7 Å². The summed E-state index contributed by atoms with van der Waals surface area (Å²) in [6, 6.07) is 34.4. The summed E-state index contributed by atoms with van der Waals surface area (Å²) in [5, 5.41) is 0.482. The maximum absolute atomic E-state index is 14.3. The number of hydrogen-bond donors (Lipinski definition) is 4. The Balaban J connectivity index is 0.000000115. The molecule has 0 saturated carbocycles. The van der Waals surface area contributed by atoms with Gasteiger partial charge >= 0.3 is 0 Å². The average molecular weight is 1940 g/mol. The molecule has 111 heavy (non-hydrogen) atoms. The van der Waals surface area contributed by atoms with Crippen molar-refractivity contribution >= 4 is 184 Å². The molecule has 4 spiro atoms. The Labute approximate surface area is 691 Å². The van der Waals surface area contributed by atoms with Gasteiger partial charge in [0.2, 0.25) is 5.43 Å². The van der Waals surface area contributed by atoms with E-state index < -0.39 is 51.9 Å². The average Bonchev–Trinajstić information content (AvgIpc) is 0.737. The zero-order chi connectivity index (χ0) is 77.6. The fraction of sp³-hybridized carbons (Fsp3) is 0.178. The molecule has 6 aromatic heterocycles. The van der Waals surface area contributed by atoms with Crippen LogP contribution in [0.2, 0.25) is 25.8 Å². The molecular weight excluding hydrogens is 1890 g/mol. The number of fused-ring (bicyclic) bond motifs is 18. The van der Waals surface area contributed by atoms with Crippen LogP contribution in [0.15, 0.2) is 173 Å². The second-order valence-electron chi connectivity index (χ2n) is 24.7. The summed E-state index contributed by atoms with van der Waals surface area (Å²) in [7, 11) is 0. The number of hydrogen-bond acceptors (Lipinski definition) is 23. The van der Waals surface area contributed by atoms with Gasteiger partial charge in [-0.05, 0) is 121 Å². The van der Waals surface area contributed by atoms with E-state index in [9.17, 15) is 26.7 Å². The van der Waals surface area contributed by atoms with Gasteiger partial charge in [0.25, 0.3) is 53.8 Å². The van der Waals surface area contributed by atoms with Crippen LogP contribution in [0, 0.1) is 29.7 Å². The lowest BCUT2D eigenvalue weighted by Gasteiger charge is -2.39. The molecule has 8 aliphatic heterocycles. The van der Waals surface area contributed by atoms with E-state index in [0.29, 0.717) is 108 Å². The first kappa shape index (κ1) is 78.8. The largest absolute Gasteiger partial charge is 0.465 e. The van der Waals surface area contributed by atoms with Gasteiger partial charge < -0.3 is 65.2 Å². The van der Waals surface area contributed by atoms with Crippen LogP contribution in [0.1, 0.15) is 77.6 Å². The third-order valence-electron chi connectivity index (χ3n) is 18.4. The van der Waals surface area contributed by atoms with Gasteiger partial charge in [-0.25, -0.2) is 44.9 Å². The summed E-state index contributed by atoms with van der Waals surface area (Å²) in [6.07, 6.45) is 1.92. The van der Waals surface area contributed by atoms with Gasteiger partial charge in [0.1, 0.15) is 76.5 Å². The number of pyridine rings is 5. The minimum Gasteiger partial charge on any atom is -0.465 e. The van der Waals surface area contributed by atoms with Gasteiger partial charge in [0.05, 0.1) is 37.2 Å². The van der Waals surface area contributed by atoms with E-state index in [1.165, 1.54) is 6.07 Å². The second kappa shape index (κ2) is 30.9. The van der Waals surface area contributed by atoms with Crippen LogP contribution in [-0.2, 0) is 41.1 Å². The molecule has 11 aromatic rings. The summed E-state index contributed by atoms with van der Waals surface area (Å²) in [5.41, 5.74) is 24.4. The van der Waals surface area contributed by atoms with Crippen molar-refractivity contribution in [3.63, 3.8) is 0 Å². The minimum absolute atomic E-state index is 0. The van der Waals surface area contributed by atoms with Crippen LogP contribution >= 0.6 is 138 Å². The molecule has 38 heteroatoms. The Kier molecular flexibility index (Phi) is 21.9. The van der Waals surface area contributed by atoms with Crippen LogP contribution in [0.25, 0.3) is 21.9 Å². The summed E-state index contributed by atoms with van der Waals surface area (Å²) < 4.78 is 124. The molecule has 0 radical (unpaired) electrons. The number of nitrogens with zero attached hydrogens (tertiary/aromatic N) is 9. The zero-order valence-electron chi connectivity index (χ0n) is 55.3. The normalized spacial score (nSPS) is 19.9. The van der Waals surface area contributed by atoms with Crippen molar-refractivity contribution in [3.05, 3.63) is 254 Å². The van der Waals surface area contributed by atoms with Crippen molar-refractivity contribution in [2.75, 3.05) is 26.4 Å². The first-order chi connectivity index (χ1) is 52.5. The van der Waals surface area contributed by atoms with E-state index in [-0.39, 0.29) is 96.7 Å². The summed E-state index contributed by atoms with van der Waals surface area (Å²) in [5.74, 6) is -1.92. The van der Waals surface area contributed by atoms with Crippen molar-refractivity contribution in [2.45, 2.75) is 55.3 Å². The summed E-state index contributed by atoms with van der Waals surface area (Å²) in [6.45, 7) is 1.40. The van der Waals surface area contributed by atoms with Gasteiger partial charge in [-0.2, -0.15) is 22.0 Å². The van der Waals surface area contributed by atoms with Crippen molar-refractivity contribution < 1.29 is 64.3 Å². The lowest BCUT2D eigenvalue weighted by atomic mass is 9.78. The van der Waals surface area contributed by atoms with E-state index in [4.69, 9.17) is 123 Å². The molecule has 8 N–H and O–H groups in total. The molecule has 0 fully saturated rings. The van der Waals surface area contributed by atoms with Crippen molar-refractivity contribution in [3.8, 4) is 46.0 Å². The number of amidine groups is 4. The highest BCUT2D eigenvalue weighted by Gasteiger charge is 2.51. The molecule has 0 aliphatic carbocycles. The monoisotopic (exact) mass is 1930 g/mol. The predicted octanol–water partition coefficient (Wildman–Crippen LogP) is 19.4. The number of halogens is 15. The maximum atomic E-state index is 14.3. The SMILES string of the molecule is C.NC1=NC2(CCO1)c1cc(Br)ccc1Oc1c2cc(Cl)nc1F.NC1=NC2(CCO1)c1cc(Br)ccc1Oc1c2cc(Cl)nc1F.NC1=N[C@@]2(CCO1)c1cc(Br)ccc1Oc1c2cc(Cl)nc1F.NC1=N[C@]2(CCO1)c1cc(Br)ccc1Oc1c2cc(Cl)nc1F.O=c1c2cc(Br)ccc2oc2c(F)nc(Cl)cc12. The number of rotatable bonds is 0. The summed E-state index contributed by atoms with van der Waals surface area (Å²) in [4.78, 5) is 48.1. The number of aliphatic imine (C=N–C) groups is 4. The van der Waals surface area contributed by atoms with E-state index in [2.05, 4.69) is 125 Å². The Morgan fingerprint density at radius 3 is 0.892 bits per heavy atom. The van der Waals surface area contributed by atoms with Gasteiger partial charge in [0, 0.05) is 92.6 Å². The molecule has 8 aliphatic rings. The lowest BCUT2D eigenvalue weighted by Crippen LogP contribution is -2.39. The zero-order valence-corrected chi connectivity index (χ0v) is 67.0. The van der Waals surface area contributed by atoms with E-state index >= 15 is 0 Å². The van der Waals surface area contributed by atoms with Crippen molar-refractivity contribution in [1.29, 1.82) is 0 Å². The van der Waals surface area contributed by atoms with Crippen molar-refractivity contribution in [2.24, 2.45) is 42.9 Å². The predicted molar refractivity (Wildman–Crippen MR) is 423 cm³/mol. The molecule has 0 saturated heterocycles. The van der Waals surface area contributed by atoms with Crippen LogP contribution in [0.5, 0.6) is 46.0 Å². The minimum atomic E-state index is -0.914. The lowest BCUT2D eigenvalue weighted by molar-refractivity contribution is 0.217. The van der Waals surface area contributed by atoms with Gasteiger partial charge in [-0.1, -0.05) is 145 Å². The Bertz CT molecular complexity index is 5370. The molecule has 570 valence electrons. The standard InChI is InChI=1S/4C15H10BrClFN3O2.C12H4BrClFNO2.CH4/c4*16-7-1-2-10-8(5-7)15(3-4-22-14(19)21-15)9-6-11(17)20-13(18)12(9)23-10;13-5-1-2-8-6(3-5)10(17)7-4-9(14)16-12(15)11(7)18-8;/h4*1-2,5-6H,3-4H2,(H2,19,21);1-4H;1H4/t2*15-;;;;/m10..../s1. The molecule has 2 unspecified atom stereocenters. The fourth-order valence-corrected chi connectivity index (χ4v) is 16.5. The van der Waals surface area contributed by atoms with Crippen LogP contribution in [0.4, 0.5) is 22.0 Å². The van der Waals surface area contributed by atoms with E-state index in [0.717, 1.165) is 44.6 Å². The Hall–Kier alpha value is -8.90. The highest BCUT2D eigenvalue weighted by Crippen LogP contribution is 2.58. The Morgan fingerprint density at radius 2 is 0.604 bits per heavy atom. The number of nitrogens with two attached hydrogens (primary N) is 4. The molecule has 5 aromatic carbocycles. The quantitative estimate of drug-likeness (QED) is 0.0622. The Morgan fingerprint density at radius 1 is 0.342 bits per heavy atom. The van der Waals surface area contributed by atoms with Crippen molar-refractivity contribution in [1.82, 2.24) is 24.9 Å². The topological polar surface area (TPSA) is 322 Å². The molecule has 14 heterocycles. The van der Waals surface area contributed by atoms with Gasteiger partial charge in [-0.15, -0.1) is 0 Å². The van der Waals surface area contributed by atoms with Crippen LogP contribution in [0.3, 0.4) is 0 Å². The molecule has 0 bridgehead atoms. The smallest absolute Gasteiger partial charge is 0.283 e. The fourth-order valence-electron chi connectivity index (χ4n) is 13.8. The van der Waals surface area contributed by atoms with E-state index in [1.807, 2.05) is 48.5 Å². The molecular formula is C73H48Br5Cl5F5N13O10. The van der Waals surface area contributed by atoms with Gasteiger partial charge in [0.15, 0.2) is 28.6 Å². The maximum Gasteiger partial charge on any atom is 0.283 e. The molecule has 23 nitrogen and oxygen atoms in total. The number of aromatic nitrogens is 5. The highest BCUT2D eigenvalue weighted by atomic mass is 79.9. The first-order valence-corrected chi connectivity index (χ1v) is 38.1. The molecule has 19 rings (SSSR count). The second-order valence-corrected chi connectivity index (χ2v) is 31.3. The van der Waals surface area contributed by atoms with Gasteiger partial charge in [-0.3, -0.25) is 4.79 Å².